The largest absolute Gasteiger partial charge is 0.298 e. The number of carbonyl (C=O) groups excluding carboxylic acids is 1. The molecule has 0 amide bonds. The van der Waals surface area contributed by atoms with E-state index >= 15 is 0 Å². The Bertz CT molecular complexity index is 1370. The monoisotopic (exact) mass is 451 g/mol. The lowest BCUT2D eigenvalue weighted by Crippen LogP contribution is -2.27. The molecule has 3 aromatic carbocycles. The van der Waals surface area contributed by atoms with Crippen LogP contribution in [-0.2, 0) is 7.05 Å². The molecule has 162 valence electrons. The van der Waals surface area contributed by atoms with Crippen LogP contribution in [-0.4, -0.2) is 10.9 Å². The number of nitriles is 1. The van der Waals surface area contributed by atoms with Gasteiger partial charge in [0, 0.05) is 23.0 Å². The highest BCUT2D eigenvalue weighted by Gasteiger charge is 2.29. The van der Waals surface area contributed by atoms with Crippen LogP contribution in [0.25, 0.3) is 0 Å². The van der Waals surface area contributed by atoms with Crippen LogP contribution in [0.4, 0.5) is 5.82 Å². The van der Waals surface area contributed by atoms with Gasteiger partial charge in [0.25, 0.3) is 5.56 Å². The van der Waals surface area contributed by atoms with Crippen molar-refractivity contribution >= 4 is 35.1 Å². The summed E-state index contributed by atoms with van der Waals surface area (Å²) in [4.78, 5) is 25.2. The Morgan fingerprint density at radius 3 is 1.64 bits per heavy atom. The topological polar surface area (TPSA) is 75.2 Å². The lowest BCUT2D eigenvalue weighted by atomic mass is 10.1. The van der Waals surface area contributed by atoms with Gasteiger partial charge in [0.05, 0.1) is 12.6 Å². The SMILES string of the molecule is Cc1c(C=O)c(N=P(c2ccccc2)(c2ccccc2)c2ccccc2)n(C)c(=O)c1C#N. The quantitative estimate of drug-likeness (QED) is 0.337. The molecule has 1 aromatic heterocycles. The average molecular weight is 451 g/mol. The number of pyridine rings is 1. The molecule has 0 bridgehead atoms. The lowest BCUT2D eigenvalue weighted by molar-refractivity contribution is 0.112. The van der Waals surface area contributed by atoms with Gasteiger partial charge in [-0.25, -0.2) is 4.74 Å². The van der Waals surface area contributed by atoms with Gasteiger partial charge < -0.3 is 0 Å². The third-order valence-electron chi connectivity index (χ3n) is 5.72. The summed E-state index contributed by atoms with van der Waals surface area (Å²) in [6.45, 7) is 1.62. The molecule has 0 N–H and O–H groups in total. The van der Waals surface area contributed by atoms with Crippen molar-refractivity contribution in [1.82, 2.24) is 4.57 Å². The van der Waals surface area contributed by atoms with Gasteiger partial charge in [-0.15, -0.1) is 0 Å². The second-order valence-corrected chi connectivity index (χ2v) is 10.6. The van der Waals surface area contributed by atoms with Crippen molar-refractivity contribution < 1.29 is 4.79 Å². The Morgan fingerprint density at radius 2 is 1.27 bits per heavy atom. The van der Waals surface area contributed by atoms with Gasteiger partial charge >= 0.3 is 0 Å². The van der Waals surface area contributed by atoms with Crippen LogP contribution in [0.15, 0.2) is 101 Å². The fraction of sp³-hybridized carbons (Fsp3) is 0.0741. The zero-order valence-corrected chi connectivity index (χ0v) is 19.2. The second-order valence-electron chi connectivity index (χ2n) is 7.57. The van der Waals surface area contributed by atoms with Crippen LogP contribution >= 0.6 is 7.05 Å². The molecule has 0 saturated heterocycles. The minimum absolute atomic E-state index is 0.0402. The molecular weight excluding hydrogens is 429 g/mol. The standard InChI is InChI=1S/C27H22N3O2P/c1-20-24(18-28)27(32)30(2)26(25(20)19-31)29-33(21-12-6-3-7-13-21,22-14-8-4-9-15-22)23-16-10-5-11-17-23/h3-17,19H,1-2H3. The van der Waals surface area contributed by atoms with E-state index in [1.54, 1.807) is 14.0 Å². The highest BCUT2D eigenvalue weighted by Crippen LogP contribution is 2.49. The Kier molecular flexibility index (Phi) is 6.22. The molecule has 0 unspecified atom stereocenters. The molecule has 6 heteroatoms. The summed E-state index contributed by atoms with van der Waals surface area (Å²) < 4.78 is 6.62. The summed E-state index contributed by atoms with van der Waals surface area (Å²) in [5.74, 6) is 0.274. The Hall–Kier alpha value is -4.00. The van der Waals surface area contributed by atoms with Gasteiger partial charge in [-0.1, -0.05) is 91.0 Å². The van der Waals surface area contributed by atoms with E-state index in [0.29, 0.717) is 11.8 Å². The maximum absolute atomic E-state index is 13.0. The maximum atomic E-state index is 13.0. The molecular formula is C27H22N3O2P. The summed E-state index contributed by atoms with van der Waals surface area (Å²) in [5, 5.41) is 12.5. The molecule has 4 rings (SSSR count). The Balaban J connectivity index is 2.28. The van der Waals surface area contributed by atoms with Crippen molar-refractivity contribution in [3.05, 3.63) is 118 Å². The van der Waals surface area contributed by atoms with Crippen LogP contribution in [0, 0.1) is 18.3 Å². The second kappa shape index (κ2) is 9.24. The fourth-order valence-corrected chi connectivity index (χ4v) is 7.57. The predicted molar refractivity (Wildman–Crippen MR) is 134 cm³/mol. The smallest absolute Gasteiger partial charge is 0.270 e. The molecule has 0 fully saturated rings. The van der Waals surface area contributed by atoms with Crippen molar-refractivity contribution in [2.24, 2.45) is 11.8 Å². The minimum atomic E-state index is -2.68. The van der Waals surface area contributed by atoms with E-state index in [9.17, 15) is 14.9 Å². The molecule has 0 atom stereocenters. The predicted octanol–water partition coefficient (Wildman–Crippen LogP) is 4.19. The van der Waals surface area contributed by atoms with Crippen molar-refractivity contribution in [2.75, 3.05) is 0 Å². The van der Waals surface area contributed by atoms with E-state index in [1.165, 1.54) is 4.57 Å². The highest BCUT2D eigenvalue weighted by molar-refractivity contribution is 7.87. The molecule has 0 spiro atoms. The molecule has 0 aliphatic carbocycles. The lowest BCUT2D eigenvalue weighted by Gasteiger charge is -2.27. The Labute approximate surface area is 192 Å². The number of aromatic nitrogens is 1. The van der Waals surface area contributed by atoms with Crippen molar-refractivity contribution in [3.8, 4) is 6.07 Å². The number of benzene rings is 3. The number of aldehydes is 1. The van der Waals surface area contributed by atoms with E-state index in [2.05, 4.69) is 0 Å². The van der Waals surface area contributed by atoms with Gasteiger partial charge in [-0.05, 0) is 12.5 Å². The third kappa shape index (κ3) is 3.75. The number of hydrogen-bond acceptors (Lipinski definition) is 4. The van der Waals surface area contributed by atoms with Gasteiger partial charge in [-0.2, -0.15) is 5.26 Å². The van der Waals surface area contributed by atoms with E-state index < -0.39 is 12.6 Å². The third-order valence-corrected chi connectivity index (χ3v) is 9.35. The van der Waals surface area contributed by atoms with Crippen LogP contribution in [0.5, 0.6) is 0 Å². The van der Waals surface area contributed by atoms with E-state index in [4.69, 9.17) is 4.74 Å². The first-order valence-electron chi connectivity index (χ1n) is 10.4. The zero-order valence-electron chi connectivity index (χ0n) is 18.3. The van der Waals surface area contributed by atoms with Crippen molar-refractivity contribution in [1.29, 1.82) is 5.26 Å². The maximum Gasteiger partial charge on any atom is 0.270 e. The van der Waals surface area contributed by atoms with Crippen molar-refractivity contribution in [2.45, 2.75) is 6.92 Å². The molecule has 0 aliphatic heterocycles. The van der Waals surface area contributed by atoms with Gasteiger partial charge in [0.1, 0.15) is 17.5 Å². The van der Waals surface area contributed by atoms with Crippen LogP contribution in [0.1, 0.15) is 21.5 Å². The molecule has 0 radical (unpaired) electrons. The summed E-state index contributed by atoms with van der Waals surface area (Å²) in [5.41, 5.74) is 0.0932. The summed E-state index contributed by atoms with van der Waals surface area (Å²) in [7, 11) is -1.12. The summed E-state index contributed by atoms with van der Waals surface area (Å²) in [6.07, 6.45) is 0.685. The molecule has 0 aliphatic rings. The van der Waals surface area contributed by atoms with Gasteiger partial charge in [-0.3, -0.25) is 14.2 Å². The van der Waals surface area contributed by atoms with Gasteiger partial charge in [0.2, 0.25) is 0 Å². The normalized spacial score (nSPS) is 10.9. The fourth-order valence-electron chi connectivity index (χ4n) is 3.99. The van der Waals surface area contributed by atoms with Crippen LogP contribution in [0.3, 0.4) is 0 Å². The first-order valence-corrected chi connectivity index (χ1v) is 12.2. The highest BCUT2D eigenvalue weighted by atomic mass is 31.2. The molecule has 5 nitrogen and oxygen atoms in total. The van der Waals surface area contributed by atoms with Gasteiger partial charge in [0.15, 0.2) is 6.29 Å². The molecule has 4 aromatic rings. The first kappa shape index (κ1) is 22.2. The molecule has 33 heavy (non-hydrogen) atoms. The molecule has 1 heterocycles. The minimum Gasteiger partial charge on any atom is -0.298 e. The van der Waals surface area contributed by atoms with E-state index in [-0.39, 0.29) is 16.9 Å². The number of rotatable bonds is 5. The zero-order chi connectivity index (χ0) is 23.4. The van der Waals surface area contributed by atoms with E-state index in [1.807, 2.05) is 97.1 Å². The number of carbonyl (C=O) groups is 1. The molecule has 0 saturated carbocycles. The van der Waals surface area contributed by atoms with Crippen LogP contribution in [0.2, 0.25) is 0 Å². The van der Waals surface area contributed by atoms with E-state index in [0.717, 1.165) is 15.9 Å². The van der Waals surface area contributed by atoms with Crippen LogP contribution < -0.4 is 21.5 Å². The van der Waals surface area contributed by atoms with Crippen molar-refractivity contribution in [3.63, 3.8) is 0 Å². The summed E-state index contributed by atoms with van der Waals surface area (Å²) in [6, 6.07) is 31.8. The Morgan fingerprint density at radius 1 is 0.848 bits per heavy atom. The average Bonchev–Trinajstić information content (AvgIpc) is 2.87. The summed E-state index contributed by atoms with van der Waals surface area (Å²) >= 11 is 0. The number of hydrogen-bond donors (Lipinski definition) is 0. The number of nitrogens with zero attached hydrogens (tertiary/aromatic N) is 3. The first-order chi connectivity index (χ1) is 16.0.